The van der Waals surface area contributed by atoms with Crippen molar-refractivity contribution in [3.63, 3.8) is 0 Å². The molecule has 2 aromatic rings. The molecule has 0 amide bonds. The molecule has 0 unspecified atom stereocenters. The van der Waals surface area contributed by atoms with Gasteiger partial charge in [-0.15, -0.1) is 0 Å². The Balaban J connectivity index is 2.03. The van der Waals surface area contributed by atoms with Crippen LogP contribution < -0.4 is 4.74 Å². The smallest absolute Gasteiger partial charge is 0.310 e. The van der Waals surface area contributed by atoms with E-state index < -0.39 is 0 Å². The molecule has 110 valence electrons. The highest BCUT2D eigenvalue weighted by Gasteiger charge is 2.08. The van der Waals surface area contributed by atoms with Gasteiger partial charge in [-0.2, -0.15) is 0 Å². The highest BCUT2D eigenvalue weighted by Crippen LogP contribution is 2.28. The number of phenolic OH excluding ortho intramolecular Hbond substituents is 1. The minimum absolute atomic E-state index is 0.0542. The van der Waals surface area contributed by atoms with E-state index in [-0.39, 0.29) is 18.1 Å². The first-order chi connectivity index (χ1) is 10.2. The lowest BCUT2D eigenvalue weighted by molar-refractivity contribution is -0.142. The number of aromatic hydroxyl groups is 1. The predicted octanol–water partition coefficient (Wildman–Crippen LogP) is 3.08. The fourth-order valence-electron chi connectivity index (χ4n) is 1.90. The van der Waals surface area contributed by atoms with Gasteiger partial charge in [0.1, 0.15) is 6.61 Å². The van der Waals surface area contributed by atoms with E-state index in [1.165, 1.54) is 6.07 Å². The SMILES string of the molecule is CCOC(=O)Cc1ccc(O)c(OCc2ccccc2)c1. The van der Waals surface area contributed by atoms with E-state index in [2.05, 4.69) is 0 Å². The maximum atomic E-state index is 11.5. The topological polar surface area (TPSA) is 55.8 Å². The molecular formula is C17H18O4. The lowest BCUT2D eigenvalue weighted by Gasteiger charge is -2.10. The Morgan fingerprint density at radius 3 is 2.57 bits per heavy atom. The van der Waals surface area contributed by atoms with E-state index in [4.69, 9.17) is 9.47 Å². The second kappa shape index (κ2) is 7.33. The van der Waals surface area contributed by atoms with Crippen molar-refractivity contribution < 1.29 is 19.4 Å². The third kappa shape index (κ3) is 4.53. The Morgan fingerprint density at radius 1 is 1.10 bits per heavy atom. The van der Waals surface area contributed by atoms with Gasteiger partial charge in [0.25, 0.3) is 0 Å². The number of benzene rings is 2. The van der Waals surface area contributed by atoms with Crippen LogP contribution in [0.1, 0.15) is 18.1 Å². The highest BCUT2D eigenvalue weighted by atomic mass is 16.5. The van der Waals surface area contributed by atoms with Crippen LogP contribution in [0.2, 0.25) is 0 Å². The Hall–Kier alpha value is -2.49. The number of carbonyl (C=O) groups is 1. The number of ether oxygens (including phenoxy) is 2. The van der Waals surface area contributed by atoms with Gasteiger partial charge in [0.15, 0.2) is 11.5 Å². The summed E-state index contributed by atoms with van der Waals surface area (Å²) >= 11 is 0. The third-order valence-corrected chi connectivity index (χ3v) is 2.92. The van der Waals surface area contributed by atoms with Gasteiger partial charge < -0.3 is 14.6 Å². The summed E-state index contributed by atoms with van der Waals surface area (Å²) in [7, 11) is 0. The molecule has 0 radical (unpaired) electrons. The lowest BCUT2D eigenvalue weighted by Crippen LogP contribution is -2.07. The van der Waals surface area contributed by atoms with E-state index in [1.54, 1.807) is 19.1 Å². The van der Waals surface area contributed by atoms with Crippen molar-refractivity contribution in [3.8, 4) is 11.5 Å². The maximum absolute atomic E-state index is 11.5. The molecule has 0 aliphatic rings. The van der Waals surface area contributed by atoms with Crippen LogP contribution in [-0.4, -0.2) is 17.7 Å². The van der Waals surface area contributed by atoms with Gasteiger partial charge in [0, 0.05) is 0 Å². The van der Waals surface area contributed by atoms with Crippen molar-refractivity contribution >= 4 is 5.97 Å². The molecule has 2 aromatic carbocycles. The van der Waals surface area contributed by atoms with Crippen LogP contribution in [-0.2, 0) is 22.6 Å². The Morgan fingerprint density at radius 2 is 1.86 bits per heavy atom. The second-order valence-corrected chi connectivity index (χ2v) is 4.56. The van der Waals surface area contributed by atoms with Crippen LogP contribution >= 0.6 is 0 Å². The summed E-state index contributed by atoms with van der Waals surface area (Å²) in [6.45, 7) is 2.48. The lowest BCUT2D eigenvalue weighted by atomic mass is 10.1. The number of esters is 1. The van der Waals surface area contributed by atoms with Crippen LogP contribution in [0.4, 0.5) is 0 Å². The molecule has 0 aliphatic heterocycles. The molecule has 21 heavy (non-hydrogen) atoms. The fraction of sp³-hybridized carbons (Fsp3) is 0.235. The normalized spacial score (nSPS) is 10.1. The Kier molecular flexibility index (Phi) is 5.21. The first-order valence-electron chi connectivity index (χ1n) is 6.83. The zero-order valence-corrected chi connectivity index (χ0v) is 11.9. The first-order valence-corrected chi connectivity index (χ1v) is 6.83. The van der Waals surface area contributed by atoms with Gasteiger partial charge in [-0.05, 0) is 30.2 Å². The summed E-state index contributed by atoms with van der Waals surface area (Å²) in [5.41, 5.74) is 1.75. The van der Waals surface area contributed by atoms with Gasteiger partial charge >= 0.3 is 5.97 Å². The van der Waals surface area contributed by atoms with E-state index >= 15 is 0 Å². The third-order valence-electron chi connectivity index (χ3n) is 2.92. The molecule has 0 aromatic heterocycles. The quantitative estimate of drug-likeness (QED) is 0.829. The van der Waals surface area contributed by atoms with E-state index in [9.17, 15) is 9.90 Å². The molecule has 0 aliphatic carbocycles. The average molecular weight is 286 g/mol. The first kappa shape index (κ1) is 14.9. The van der Waals surface area contributed by atoms with Crippen LogP contribution in [0.15, 0.2) is 48.5 Å². The molecule has 0 atom stereocenters. The van der Waals surface area contributed by atoms with Crippen molar-refractivity contribution in [1.29, 1.82) is 0 Å². The van der Waals surface area contributed by atoms with Crippen molar-refractivity contribution in [2.45, 2.75) is 20.0 Å². The summed E-state index contributed by atoms with van der Waals surface area (Å²) in [5, 5.41) is 9.81. The zero-order chi connectivity index (χ0) is 15.1. The van der Waals surface area contributed by atoms with Crippen molar-refractivity contribution in [1.82, 2.24) is 0 Å². The molecule has 0 spiro atoms. The fourth-order valence-corrected chi connectivity index (χ4v) is 1.90. The Bertz CT molecular complexity index is 593. The van der Waals surface area contributed by atoms with Crippen LogP contribution in [0.25, 0.3) is 0 Å². The molecule has 0 saturated carbocycles. The van der Waals surface area contributed by atoms with Gasteiger partial charge in [0.05, 0.1) is 13.0 Å². The zero-order valence-electron chi connectivity index (χ0n) is 11.9. The van der Waals surface area contributed by atoms with Crippen molar-refractivity contribution in [2.24, 2.45) is 0 Å². The van der Waals surface area contributed by atoms with E-state index in [0.717, 1.165) is 11.1 Å². The number of rotatable bonds is 6. The van der Waals surface area contributed by atoms with Gasteiger partial charge in [0.2, 0.25) is 0 Å². The van der Waals surface area contributed by atoms with E-state index in [0.29, 0.717) is 19.0 Å². The summed E-state index contributed by atoms with van der Waals surface area (Å²) in [6, 6.07) is 14.5. The molecule has 0 heterocycles. The molecule has 4 nitrogen and oxygen atoms in total. The number of hydrogen-bond acceptors (Lipinski definition) is 4. The van der Waals surface area contributed by atoms with Crippen molar-refractivity contribution in [3.05, 3.63) is 59.7 Å². The Labute approximate surface area is 123 Å². The molecule has 0 saturated heterocycles. The standard InChI is InChI=1S/C17H18O4/c1-2-20-17(19)11-14-8-9-15(18)16(10-14)21-12-13-6-4-3-5-7-13/h3-10,18H,2,11-12H2,1H3. The molecular weight excluding hydrogens is 268 g/mol. The van der Waals surface area contributed by atoms with Gasteiger partial charge in [-0.1, -0.05) is 36.4 Å². The van der Waals surface area contributed by atoms with Gasteiger partial charge in [-0.3, -0.25) is 4.79 Å². The summed E-state index contributed by atoms with van der Waals surface area (Å²) in [6.07, 6.45) is 0.163. The summed E-state index contributed by atoms with van der Waals surface area (Å²) in [5.74, 6) is 0.122. The van der Waals surface area contributed by atoms with Crippen LogP contribution in [0, 0.1) is 0 Å². The summed E-state index contributed by atoms with van der Waals surface area (Å²) < 4.78 is 10.5. The van der Waals surface area contributed by atoms with E-state index in [1.807, 2.05) is 30.3 Å². The predicted molar refractivity (Wildman–Crippen MR) is 79.2 cm³/mol. The van der Waals surface area contributed by atoms with Crippen LogP contribution in [0.3, 0.4) is 0 Å². The largest absolute Gasteiger partial charge is 0.504 e. The highest BCUT2D eigenvalue weighted by molar-refractivity contribution is 5.72. The summed E-state index contributed by atoms with van der Waals surface area (Å²) in [4.78, 5) is 11.5. The molecule has 0 bridgehead atoms. The van der Waals surface area contributed by atoms with Crippen molar-refractivity contribution in [2.75, 3.05) is 6.61 Å². The number of carbonyl (C=O) groups excluding carboxylic acids is 1. The van der Waals surface area contributed by atoms with Crippen LogP contribution in [0.5, 0.6) is 11.5 Å². The second-order valence-electron chi connectivity index (χ2n) is 4.56. The minimum Gasteiger partial charge on any atom is -0.504 e. The maximum Gasteiger partial charge on any atom is 0.310 e. The minimum atomic E-state index is -0.294. The number of hydrogen-bond donors (Lipinski definition) is 1. The molecule has 0 fully saturated rings. The molecule has 1 N–H and O–H groups in total. The monoisotopic (exact) mass is 286 g/mol. The van der Waals surface area contributed by atoms with Gasteiger partial charge in [-0.25, -0.2) is 0 Å². The number of phenols is 1. The average Bonchev–Trinajstić information content (AvgIpc) is 2.49. The molecule has 4 heteroatoms. The molecule has 2 rings (SSSR count).